The molecule has 18 heavy (non-hydrogen) atoms. The second-order valence-electron chi connectivity index (χ2n) is 3.96. The van der Waals surface area contributed by atoms with Gasteiger partial charge in [-0.25, -0.2) is 0 Å². The number of aliphatic hydroxyl groups is 1. The molecule has 5 nitrogen and oxygen atoms in total. The van der Waals surface area contributed by atoms with Crippen LogP contribution in [0.2, 0.25) is 0 Å². The van der Waals surface area contributed by atoms with Gasteiger partial charge in [-0.1, -0.05) is 11.8 Å². The molecule has 0 radical (unpaired) electrons. The van der Waals surface area contributed by atoms with E-state index in [4.69, 9.17) is 5.73 Å². The topological polar surface area (TPSA) is 79.5 Å². The lowest BCUT2D eigenvalue weighted by molar-refractivity contribution is 0.0703. The van der Waals surface area contributed by atoms with Gasteiger partial charge in [0.2, 0.25) is 0 Å². The average Bonchev–Trinajstić information content (AvgIpc) is 2.35. The van der Waals surface area contributed by atoms with E-state index in [9.17, 15) is 9.90 Å². The zero-order valence-electron chi connectivity index (χ0n) is 10.6. The van der Waals surface area contributed by atoms with Crippen molar-refractivity contribution in [1.29, 1.82) is 0 Å². The highest BCUT2D eigenvalue weighted by molar-refractivity contribution is 5.96. The fraction of sp³-hybridized carbons (Fsp3) is 0.385. The number of aromatic nitrogens is 1. The normalized spacial score (nSPS) is 11.3. The Morgan fingerprint density at radius 2 is 2.39 bits per heavy atom. The van der Waals surface area contributed by atoms with Crippen LogP contribution < -0.4 is 5.73 Å². The summed E-state index contributed by atoms with van der Waals surface area (Å²) >= 11 is 0. The molecular formula is C13H17N3O2. The summed E-state index contributed by atoms with van der Waals surface area (Å²) < 4.78 is 0. The van der Waals surface area contributed by atoms with E-state index in [0.29, 0.717) is 11.1 Å². The summed E-state index contributed by atoms with van der Waals surface area (Å²) in [6.07, 6.45) is 2.50. The zero-order valence-corrected chi connectivity index (χ0v) is 10.6. The molecule has 0 aliphatic rings. The molecule has 1 rings (SSSR count). The van der Waals surface area contributed by atoms with Crippen LogP contribution in [0.25, 0.3) is 0 Å². The van der Waals surface area contributed by atoms with Crippen molar-refractivity contribution >= 4 is 5.91 Å². The molecule has 1 atom stereocenters. The molecule has 0 spiro atoms. The van der Waals surface area contributed by atoms with Crippen molar-refractivity contribution in [1.82, 2.24) is 9.88 Å². The predicted octanol–water partition coefficient (Wildman–Crippen LogP) is -0.155. The standard InChI is InChI=1S/C13H17N3O2/c1-10(17)9-16(2)13(18)12-5-7-15-8-11(12)4-3-6-14/h5,7-8,10,17H,6,9,14H2,1-2H3. The van der Waals surface area contributed by atoms with Gasteiger partial charge in [-0.15, -0.1) is 0 Å². The number of carbonyl (C=O) groups is 1. The number of pyridine rings is 1. The third-order valence-corrected chi connectivity index (χ3v) is 2.26. The average molecular weight is 247 g/mol. The molecule has 1 aromatic rings. The first kappa shape index (κ1) is 14.2. The lowest BCUT2D eigenvalue weighted by Crippen LogP contribution is -2.33. The van der Waals surface area contributed by atoms with Gasteiger partial charge in [0.15, 0.2) is 0 Å². The van der Waals surface area contributed by atoms with Crippen molar-refractivity contribution in [3.05, 3.63) is 29.6 Å². The molecule has 96 valence electrons. The highest BCUT2D eigenvalue weighted by Crippen LogP contribution is 2.09. The van der Waals surface area contributed by atoms with Crippen molar-refractivity contribution in [2.75, 3.05) is 20.1 Å². The van der Waals surface area contributed by atoms with Gasteiger partial charge in [-0.05, 0) is 13.0 Å². The molecule has 1 amide bonds. The molecule has 0 aromatic carbocycles. The summed E-state index contributed by atoms with van der Waals surface area (Å²) in [5.74, 6) is 5.32. The van der Waals surface area contributed by atoms with Crippen LogP contribution >= 0.6 is 0 Å². The molecule has 3 N–H and O–H groups in total. The minimum Gasteiger partial charge on any atom is -0.392 e. The van der Waals surface area contributed by atoms with E-state index in [-0.39, 0.29) is 19.0 Å². The molecule has 0 aliphatic carbocycles. The van der Waals surface area contributed by atoms with Crippen LogP contribution in [0, 0.1) is 11.8 Å². The summed E-state index contributed by atoms with van der Waals surface area (Å²) in [5, 5.41) is 9.28. The summed E-state index contributed by atoms with van der Waals surface area (Å²) in [5.41, 5.74) is 6.32. The minimum absolute atomic E-state index is 0.195. The van der Waals surface area contributed by atoms with E-state index in [1.807, 2.05) is 0 Å². The van der Waals surface area contributed by atoms with E-state index in [2.05, 4.69) is 16.8 Å². The number of nitrogens with two attached hydrogens (primary N) is 1. The molecule has 0 saturated heterocycles. The van der Waals surface area contributed by atoms with Gasteiger partial charge >= 0.3 is 0 Å². The first-order valence-corrected chi connectivity index (χ1v) is 5.62. The Morgan fingerprint density at radius 1 is 1.67 bits per heavy atom. The van der Waals surface area contributed by atoms with Gasteiger partial charge < -0.3 is 15.7 Å². The smallest absolute Gasteiger partial charge is 0.255 e. The predicted molar refractivity (Wildman–Crippen MR) is 68.8 cm³/mol. The van der Waals surface area contributed by atoms with Crippen LogP contribution in [0.5, 0.6) is 0 Å². The first-order chi connectivity index (χ1) is 8.56. The Labute approximate surface area is 107 Å². The van der Waals surface area contributed by atoms with Gasteiger partial charge in [0.25, 0.3) is 5.91 Å². The molecule has 0 bridgehead atoms. The van der Waals surface area contributed by atoms with E-state index < -0.39 is 6.10 Å². The minimum atomic E-state index is -0.570. The fourth-order valence-corrected chi connectivity index (χ4v) is 1.51. The van der Waals surface area contributed by atoms with Gasteiger partial charge in [0, 0.05) is 26.0 Å². The maximum atomic E-state index is 12.2. The van der Waals surface area contributed by atoms with E-state index in [0.717, 1.165) is 0 Å². The van der Waals surface area contributed by atoms with Crippen LogP contribution in [-0.2, 0) is 0 Å². The highest BCUT2D eigenvalue weighted by Gasteiger charge is 2.16. The Kier molecular flexibility index (Phi) is 5.31. The Bertz CT molecular complexity index is 475. The van der Waals surface area contributed by atoms with Gasteiger partial charge in [-0.2, -0.15) is 0 Å². The van der Waals surface area contributed by atoms with E-state index >= 15 is 0 Å². The molecule has 5 heteroatoms. The summed E-state index contributed by atoms with van der Waals surface area (Å²) in [7, 11) is 1.63. The molecule has 0 saturated carbocycles. The summed E-state index contributed by atoms with van der Waals surface area (Å²) in [6, 6.07) is 1.61. The first-order valence-electron chi connectivity index (χ1n) is 5.62. The lowest BCUT2D eigenvalue weighted by atomic mass is 10.1. The quantitative estimate of drug-likeness (QED) is 0.728. The Balaban J connectivity index is 2.98. The number of rotatable bonds is 3. The van der Waals surface area contributed by atoms with Crippen molar-refractivity contribution < 1.29 is 9.90 Å². The monoisotopic (exact) mass is 247 g/mol. The maximum absolute atomic E-state index is 12.2. The van der Waals surface area contributed by atoms with Crippen molar-refractivity contribution in [3.63, 3.8) is 0 Å². The maximum Gasteiger partial charge on any atom is 0.255 e. The zero-order chi connectivity index (χ0) is 13.5. The summed E-state index contributed by atoms with van der Waals surface area (Å²) in [4.78, 5) is 17.5. The number of carbonyl (C=O) groups excluding carboxylic acids is 1. The SMILES string of the molecule is CC(O)CN(C)C(=O)c1ccncc1C#CCN. The second kappa shape index (κ2) is 6.74. The molecule has 1 unspecified atom stereocenters. The van der Waals surface area contributed by atoms with Crippen LogP contribution in [0.1, 0.15) is 22.8 Å². The van der Waals surface area contributed by atoms with E-state index in [1.165, 1.54) is 17.3 Å². The summed E-state index contributed by atoms with van der Waals surface area (Å²) in [6.45, 7) is 2.13. The van der Waals surface area contributed by atoms with Gasteiger partial charge in [0.1, 0.15) is 0 Å². The number of hydrogen-bond donors (Lipinski definition) is 2. The van der Waals surface area contributed by atoms with Crippen molar-refractivity contribution in [2.24, 2.45) is 5.73 Å². The molecule has 1 heterocycles. The number of likely N-dealkylation sites (N-methyl/N-ethyl adjacent to an activating group) is 1. The van der Waals surface area contributed by atoms with Gasteiger partial charge in [0.05, 0.1) is 23.8 Å². The lowest BCUT2D eigenvalue weighted by Gasteiger charge is -2.19. The number of amides is 1. The molecule has 1 aromatic heterocycles. The molecule has 0 aliphatic heterocycles. The number of nitrogens with zero attached hydrogens (tertiary/aromatic N) is 2. The van der Waals surface area contributed by atoms with Crippen LogP contribution in [-0.4, -0.2) is 47.1 Å². The third-order valence-electron chi connectivity index (χ3n) is 2.26. The van der Waals surface area contributed by atoms with Gasteiger partial charge in [-0.3, -0.25) is 9.78 Å². The third kappa shape index (κ3) is 3.84. The van der Waals surface area contributed by atoms with E-state index in [1.54, 1.807) is 20.0 Å². The van der Waals surface area contributed by atoms with Crippen molar-refractivity contribution in [2.45, 2.75) is 13.0 Å². The molecular weight excluding hydrogens is 230 g/mol. The number of aliphatic hydroxyl groups excluding tert-OH is 1. The van der Waals surface area contributed by atoms with Crippen LogP contribution in [0.3, 0.4) is 0 Å². The fourth-order valence-electron chi connectivity index (χ4n) is 1.51. The van der Waals surface area contributed by atoms with Crippen molar-refractivity contribution in [3.8, 4) is 11.8 Å². The Morgan fingerprint density at radius 3 is 3.00 bits per heavy atom. The van der Waals surface area contributed by atoms with Crippen LogP contribution in [0.4, 0.5) is 0 Å². The largest absolute Gasteiger partial charge is 0.392 e. The van der Waals surface area contributed by atoms with Crippen LogP contribution in [0.15, 0.2) is 18.5 Å². The Hall–Kier alpha value is -1.90. The highest BCUT2D eigenvalue weighted by atomic mass is 16.3. The number of hydrogen-bond acceptors (Lipinski definition) is 4. The molecule has 0 fully saturated rings. The second-order valence-corrected chi connectivity index (χ2v) is 3.96.